The van der Waals surface area contributed by atoms with Crippen molar-refractivity contribution in [1.82, 2.24) is 4.90 Å². The topological polar surface area (TPSA) is 61.8 Å². The van der Waals surface area contributed by atoms with E-state index in [1.54, 1.807) is 11.3 Å². The van der Waals surface area contributed by atoms with E-state index in [9.17, 15) is 0 Å². The Labute approximate surface area is 93.0 Å². The second-order valence-corrected chi connectivity index (χ2v) is 4.64. The molecule has 0 spiro atoms. The predicted octanol–water partition coefficient (Wildman–Crippen LogP) is 1.46. The highest BCUT2D eigenvalue weighted by atomic mass is 32.1. The Kier molecular flexibility index (Phi) is 3.23. The lowest BCUT2D eigenvalue weighted by Gasteiger charge is -2.20. The number of thiophene rings is 1. The number of hydrogen-bond donors (Lipinski definition) is 2. The van der Waals surface area contributed by atoms with Crippen molar-refractivity contribution in [1.29, 1.82) is 0 Å². The average molecular weight is 225 g/mol. The van der Waals surface area contributed by atoms with E-state index in [0.29, 0.717) is 12.6 Å². The van der Waals surface area contributed by atoms with E-state index in [1.807, 2.05) is 0 Å². The van der Waals surface area contributed by atoms with Gasteiger partial charge < -0.3 is 10.9 Å². The van der Waals surface area contributed by atoms with E-state index in [2.05, 4.69) is 26.9 Å². The van der Waals surface area contributed by atoms with E-state index in [4.69, 9.17) is 10.9 Å². The molecule has 0 amide bonds. The fourth-order valence-electron chi connectivity index (χ4n) is 1.61. The minimum Gasteiger partial charge on any atom is -0.409 e. The molecule has 0 bridgehead atoms. The summed E-state index contributed by atoms with van der Waals surface area (Å²) in [6.45, 7) is 1.45. The predicted molar refractivity (Wildman–Crippen MR) is 61.2 cm³/mol. The van der Waals surface area contributed by atoms with Gasteiger partial charge in [0.2, 0.25) is 0 Å². The number of amidine groups is 1. The molecular weight excluding hydrogens is 210 g/mol. The van der Waals surface area contributed by atoms with Gasteiger partial charge in [0.25, 0.3) is 0 Å². The zero-order chi connectivity index (χ0) is 10.7. The van der Waals surface area contributed by atoms with Gasteiger partial charge in [-0.25, -0.2) is 0 Å². The summed E-state index contributed by atoms with van der Waals surface area (Å²) in [4.78, 5) is 2.26. The van der Waals surface area contributed by atoms with Gasteiger partial charge in [-0.05, 0) is 35.2 Å². The highest BCUT2D eigenvalue weighted by Crippen LogP contribution is 2.28. The molecule has 0 unspecified atom stereocenters. The van der Waals surface area contributed by atoms with Crippen LogP contribution in [-0.2, 0) is 6.54 Å². The maximum Gasteiger partial charge on any atom is 0.153 e. The van der Waals surface area contributed by atoms with E-state index >= 15 is 0 Å². The van der Waals surface area contributed by atoms with Crippen LogP contribution in [0.2, 0.25) is 0 Å². The molecule has 1 saturated carbocycles. The summed E-state index contributed by atoms with van der Waals surface area (Å²) in [7, 11) is 0. The molecule has 82 valence electrons. The Morgan fingerprint density at radius 3 is 3.00 bits per heavy atom. The van der Waals surface area contributed by atoms with Crippen molar-refractivity contribution in [3.8, 4) is 0 Å². The lowest BCUT2D eigenvalue weighted by atomic mass is 10.3. The normalized spacial score (nSPS) is 17.3. The molecule has 1 heterocycles. The highest BCUT2D eigenvalue weighted by molar-refractivity contribution is 7.07. The molecule has 0 aromatic carbocycles. The maximum absolute atomic E-state index is 8.55. The summed E-state index contributed by atoms with van der Waals surface area (Å²) in [6.07, 6.45) is 2.45. The first-order chi connectivity index (χ1) is 7.29. The Morgan fingerprint density at radius 1 is 1.67 bits per heavy atom. The molecule has 3 N–H and O–H groups in total. The Bertz CT molecular complexity index is 332. The largest absolute Gasteiger partial charge is 0.409 e. The minimum absolute atomic E-state index is 0.289. The molecule has 1 aromatic heterocycles. The number of nitrogens with zero attached hydrogens (tertiary/aromatic N) is 2. The summed E-state index contributed by atoms with van der Waals surface area (Å²) >= 11 is 1.70. The summed E-state index contributed by atoms with van der Waals surface area (Å²) < 4.78 is 0. The van der Waals surface area contributed by atoms with Crippen LogP contribution in [0.3, 0.4) is 0 Å². The van der Waals surface area contributed by atoms with E-state index < -0.39 is 0 Å². The maximum atomic E-state index is 8.55. The van der Waals surface area contributed by atoms with Gasteiger partial charge in [-0.1, -0.05) is 5.16 Å². The number of oxime groups is 1. The van der Waals surface area contributed by atoms with Gasteiger partial charge >= 0.3 is 0 Å². The second-order valence-electron chi connectivity index (χ2n) is 3.86. The monoisotopic (exact) mass is 225 g/mol. The third kappa shape index (κ3) is 2.94. The molecule has 1 aromatic rings. The smallest absolute Gasteiger partial charge is 0.153 e. The first kappa shape index (κ1) is 10.4. The molecule has 0 atom stereocenters. The molecule has 1 aliphatic rings. The van der Waals surface area contributed by atoms with Crippen molar-refractivity contribution in [2.75, 3.05) is 6.54 Å². The quantitative estimate of drug-likeness (QED) is 0.345. The average Bonchev–Trinajstić information content (AvgIpc) is 2.97. The minimum atomic E-state index is 0.289. The number of nitrogens with two attached hydrogens (primary N) is 1. The lowest BCUT2D eigenvalue weighted by molar-refractivity contribution is 0.278. The molecular formula is C10H15N3OS. The summed E-state index contributed by atoms with van der Waals surface area (Å²) in [6, 6.07) is 2.73. The Morgan fingerprint density at radius 2 is 2.47 bits per heavy atom. The molecule has 2 rings (SSSR count). The van der Waals surface area contributed by atoms with Crippen LogP contribution in [0.1, 0.15) is 18.4 Å². The highest BCUT2D eigenvalue weighted by Gasteiger charge is 2.29. The van der Waals surface area contributed by atoms with Gasteiger partial charge in [-0.3, -0.25) is 4.90 Å². The van der Waals surface area contributed by atoms with Crippen LogP contribution in [0.4, 0.5) is 0 Å². The first-order valence-corrected chi connectivity index (χ1v) is 5.95. The molecule has 0 aliphatic heterocycles. The van der Waals surface area contributed by atoms with Crippen molar-refractivity contribution in [2.45, 2.75) is 25.4 Å². The van der Waals surface area contributed by atoms with E-state index in [0.717, 1.165) is 6.54 Å². The first-order valence-electron chi connectivity index (χ1n) is 5.01. The molecule has 5 heteroatoms. The van der Waals surface area contributed by atoms with Gasteiger partial charge in [0.05, 0.1) is 6.54 Å². The van der Waals surface area contributed by atoms with Crippen LogP contribution >= 0.6 is 11.3 Å². The third-order valence-corrected chi connectivity index (χ3v) is 3.25. The molecule has 1 fully saturated rings. The third-order valence-electron chi connectivity index (χ3n) is 2.52. The zero-order valence-corrected chi connectivity index (χ0v) is 9.28. The van der Waals surface area contributed by atoms with Crippen molar-refractivity contribution >= 4 is 17.2 Å². The standard InChI is InChI=1S/C10H15N3OS/c11-10(12-14)6-13(9-1-2-9)5-8-3-4-15-7-8/h3-4,7,9,14H,1-2,5-6H2,(H2,11,12). The van der Waals surface area contributed by atoms with Crippen LogP contribution in [0.25, 0.3) is 0 Å². The van der Waals surface area contributed by atoms with Gasteiger partial charge in [0, 0.05) is 12.6 Å². The van der Waals surface area contributed by atoms with E-state index in [-0.39, 0.29) is 5.84 Å². The molecule has 0 saturated heterocycles. The zero-order valence-electron chi connectivity index (χ0n) is 8.47. The fraction of sp³-hybridized carbons (Fsp3) is 0.500. The molecule has 15 heavy (non-hydrogen) atoms. The fourth-order valence-corrected chi connectivity index (χ4v) is 2.27. The summed E-state index contributed by atoms with van der Waals surface area (Å²) in [5.74, 6) is 0.289. The Hall–Kier alpha value is -1.07. The van der Waals surface area contributed by atoms with Crippen LogP contribution in [-0.4, -0.2) is 28.5 Å². The number of hydrogen-bond acceptors (Lipinski definition) is 4. The Balaban J connectivity index is 1.94. The summed E-state index contributed by atoms with van der Waals surface area (Å²) in [5, 5.41) is 15.8. The van der Waals surface area contributed by atoms with E-state index in [1.165, 1.54) is 18.4 Å². The number of rotatable bonds is 5. The lowest BCUT2D eigenvalue weighted by Crippen LogP contribution is -2.35. The molecule has 1 aliphatic carbocycles. The van der Waals surface area contributed by atoms with Crippen LogP contribution in [0.15, 0.2) is 22.0 Å². The van der Waals surface area contributed by atoms with Crippen molar-refractivity contribution in [3.05, 3.63) is 22.4 Å². The molecule has 4 nitrogen and oxygen atoms in total. The second kappa shape index (κ2) is 4.63. The summed E-state index contributed by atoms with van der Waals surface area (Å²) in [5.41, 5.74) is 6.83. The van der Waals surface area contributed by atoms with Crippen molar-refractivity contribution in [2.24, 2.45) is 10.9 Å². The van der Waals surface area contributed by atoms with Crippen LogP contribution in [0.5, 0.6) is 0 Å². The van der Waals surface area contributed by atoms with Crippen molar-refractivity contribution < 1.29 is 5.21 Å². The van der Waals surface area contributed by atoms with Crippen LogP contribution < -0.4 is 5.73 Å². The van der Waals surface area contributed by atoms with Crippen molar-refractivity contribution in [3.63, 3.8) is 0 Å². The van der Waals surface area contributed by atoms with Crippen LogP contribution in [0, 0.1) is 0 Å². The molecule has 0 radical (unpaired) electrons. The van der Waals surface area contributed by atoms with Gasteiger partial charge in [0.15, 0.2) is 5.84 Å². The SMILES string of the molecule is N/C(CN(Cc1ccsc1)C1CC1)=N\O. The van der Waals surface area contributed by atoms with Gasteiger partial charge in [-0.2, -0.15) is 11.3 Å². The van der Waals surface area contributed by atoms with Gasteiger partial charge in [-0.15, -0.1) is 0 Å². The van der Waals surface area contributed by atoms with Gasteiger partial charge in [0.1, 0.15) is 0 Å².